The minimum absolute atomic E-state index is 0.0214. The Morgan fingerprint density at radius 3 is 2.19 bits per heavy atom. The van der Waals surface area contributed by atoms with Gasteiger partial charge < -0.3 is 4.74 Å². The average Bonchev–Trinajstić information content (AvgIpc) is 2.22. The quantitative estimate of drug-likeness (QED) is 0.763. The van der Waals surface area contributed by atoms with E-state index in [1.54, 1.807) is 0 Å². The van der Waals surface area contributed by atoms with Crippen LogP contribution in [-0.2, 0) is 19.6 Å². The standard InChI is InChI=1S/C15H29NO4S/c1-14(2)9-12(10-15(3,4)11-14)16-21(18,19)8-6-7-13(17)20-5/h12,16H,6-11H2,1-5H3. The minimum atomic E-state index is -3.34. The molecule has 0 aliphatic heterocycles. The Balaban J connectivity index is 2.56. The summed E-state index contributed by atoms with van der Waals surface area (Å²) in [6, 6.07) is -0.0214. The van der Waals surface area contributed by atoms with Crippen LogP contribution in [-0.4, -0.2) is 33.3 Å². The largest absolute Gasteiger partial charge is 0.469 e. The number of sulfonamides is 1. The third-order valence-corrected chi connectivity index (χ3v) is 5.44. The molecular weight excluding hydrogens is 290 g/mol. The van der Waals surface area contributed by atoms with Gasteiger partial charge in [-0.15, -0.1) is 0 Å². The molecule has 5 nitrogen and oxygen atoms in total. The maximum atomic E-state index is 12.1. The molecule has 124 valence electrons. The lowest BCUT2D eigenvalue weighted by Gasteiger charge is -2.45. The van der Waals surface area contributed by atoms with E-state index >= 15 is 0 Å². The van der Waals surface area contributed by atoms with Crippen LogP contribution < -0.4 is 4.72 Å². The van der Waals surface area contributed by atoms with Crippen molar-refractivity contribution >= 4 is 16.0 Å². The van der Waals surface area contributed by atoms with Crippen LogP contribution in [0.2, 0.25) is 0 Å². The van der Waals surface area contributed by atoms with Crippen molar-refractivity contribution < 1.29 is 17.9 Å². The summed E-state index contributed by atoms with van der Waals surface area (Å²) >= 11 is 0. The molecule has 1 aliphatic rings. The number of hydrogen-bond acceptors (Lipinski definition) is 4. The molecule has 0 heterocycles. The summed E-state index contributed by atoms with van der Waals surface area (Å²) in [6.07, 6.45) is 3.24. The first-order valence-corrected chi connectivity index (χ1v) is 9.17. The molecule has 0 aromatic rings. The fourth-order valence-corrected chi connectivity index (χ4v) is 5.07. The highest BCUT2D eigenvalue weighted by Gasteiger charge is 2.39. The monoisotopic (exact) mass is 319 g/mol. The maximum absolute atomic E-state index is 12.1. The third-order valence-electron chi connectivity index (χ3n) is 3.92. The van der Waals surface area contributed by atoms with E-state index in [0.29, 0.717) is 6.42 Å². The predicted octanol–water partition coefficient (Wildman–Crippen LogP) is 2.46. The van der Waals surface area contributed by atoms with Crippen LogP contribution in [0.4, 0.5) is 0 Å². The first-order valence-electron chi connectivity index (χ1n) is 7.52. The van der Waals surface area contributed by atoms with Crippen LogP contribution in [0.25, 0.3) is 0 Å². The molecule has 6 heteroatoms. The van der Waals surface area contributed by atoms with Crippen molar-refractivity contribution in [2.24, 2.45) is 10.8 Å². The van der Waals surface area contributed by atoms with Gasteiger partial charge in [0.05, 0.1) is 12.9 Å². The number of hydrogen-bond donors (Lipinski definition) is 1. The topological polar surface area (TPSA) is 72.5 Å². The van der Waals surface area contributed by atoms with E-state index in [9.17, 15) is 13.2 Å². The Hall–Kier alpha value is -0.620. The van der Waals surface area contributed by atoms with Crippen LogP contribution in [0, 0.1) is 10.8 Å². The van der Waals surface area contributed by atoms with Crippen LogP contribution in [0.5, 0.6) is 0 Å². The van der Waals surface area contributed by atoms with E-state index in [4.69, 9.17) is 0 Å². The van der Waals surface area contributed by atoms with Crippen LogP contribution >= 0.6 is 0 Å². The fraction of sp³-hybridized carbons (Fsp3) is 0.933. The Labute approximate surface area is 128 Å². The van der Waals surface area contributed by atoms with Gasteiger partial charge in [-0.2, -0.15) is 0 Å². The average molecular weight is 319 g/mol. The maximum Gasteiger partial charge on any atom is 0.305 e. The van der Waals surface area contributed by atoms with Crippen molar-refractivity contribution in [2.45, 2.75) is 65.8 Å². The van der Waals surface area contributed by atoms with Gasteiger partial charge in [0, 0.05) is 12.5 Å². The second-order valence-corrected chi connectivity index (χ2v) is 9.60. The molecule has 1 rings (SSSR count). The summed E-state index contributed by atoms with van der Waals surface area (Å²) < 4.78 is 31.6. The van der Waals surface area contributed by atoms with Gasteiger partial charge in [-0.05, 0) is 36.5 Å². The zero-order chi connectivity index (χ0) is 16.3. The van der Waals surface area contributed by atoms with E-state index in [2.05, 4.69) is 37.2 Å². The molecule has 0 unspecified atom stereocenters. The number of rotatable bonds is 6. The van der Waals surface area contributed by atoms with E-state index in [1.165, 1.54) is 7.11 Å². The van der Waals surface area contributed by atoms with Crippen molar-refractivity contribution in [1.82, 2.24) is 4.72 Å². The predicted molar refractivity (Wildman–Crippen MR) is 83.4 cm³/mol. The van der Waals surface area contributed by atoms with E-state index in [1.807, 2.05) is 0 Å². The molecule has 21 heavy (non-hydrogen) atoms. The van der Waals surface area contributed by atoms with Crippen molar-refractivity contribution in [3.63, 3.8) is 0 Å². The first-order chi connectivity index (χ1) is 9.45. The second-order valence-electron chi connectivity index (χ2n) is 7.73. The number of ether oxygens (including phenoxy) is 1. The van der Waals surface area contributed by atoms with Gasteiger partial charge in [0.25, 0.3) is 0 Å². The Kier molecular flexibility index (Phi) is 5.83. The van der Waals surface area contributed by atoms with Crippen molar-refractivity contribution in [3.8, 4) is 0 Å². The molecular formula is C15H29NO4S. The van der Waals surface area contributed by atoms with E-state index in [0.717, 1.165) is 19.3 Å². The van der Waals surface area contributed by atoms with Crippen molar-refractivity contribution in [3.05, 3.63) is 0 Å². The lowest BCUT2D eigenvalue weighted by atomic mass is 9.64. The number of carbonyl (C=O) groups excluding carboxylic acids is 1. The second kappa shape index (κ2) is 6.65. The SMILES string of the molecule is COC(=O)CCCS(=O)(=O)NC1CC(C)(C)CC(C)(C)C1. The third kappa shape index (κ3) is 6.78. The molecule has 0 amide bonds. The highest BCUT2D eigenvalue weighted by molar-refractivity contribution is 7.89. The molecule has 0 spiro atoms. The zero-order valence-electron chi connectivity index (χ0n) is 13.9. The summed E-state index contributed by atoms with van der Waals surface area (Å²) in [4.78, 5) is 11.0. The molecule has 1 fully saturated rings. The number of esters is 1. The van der Waals surface area contributed by atoms with Gasteiger partial charge in [-0.1, -0.05) is 27.7 Å². The molecule has 1 saturated carbocycles. The Bertz CT molecular complexity index is 452. The number of nitrogens with one attached hydrogen (secondary N) is 1. The molecule has 0 saturated heterocycles. The number of methoxy groups -OCH3 is 1. The van der Waals surface area contributed by atoms with Crippen LogP contribution in [0.1, 0.15) is 59.8 Å². The van der Waals surface area contributed by atoms with Gasteiger partial charge in [0.2, 0.25) is 10.0 Å². The summed E-state index contributed by atoms with van der Waals surface area (Å²) in [5.41, 5.74) is 0.280. The highest BCUT2D eigenvalue weighted by atomic mass is 32.2. The fourth-order valence-electron chi connectivity index (χ4n) is 3.75. The summed E-state index contributed by atoms with van der Waals surface area (Å²) in [5.74, 6) is -0.399. The van der Waals surface area contributed by atoms with Crippen LogP contribution in [0.15, 0.2) is 0 Å². The molecule has 1 aliphatic carbocycles. The highest BCUT2D eigenvalue weighted by Crippen LogP contribution is 2.45. The summed E-state index contributed by atoms with van der Waals surface area (Å²) in [5, 5.41) is 0. The van der Waals surface area contributed by atoms with Crippen molar-refractivity contribution in [1.29, 1.82) is 0 Å². The minimum Gasteiger partial charge on any atom is -0.469 e. The van der Waals surface area contributed by atoms with E-state index in [-0.39, 0.29) is 35.0 Å². The van der Waals surface area contributed by atoms with Gasteiger partial charge in [0.1, 0.15) is 0 Å². The van der Waals surface area contributed by atoms with Gasteiger partial charge in [0.15, 0.2) is 0 Å². The molecule has 0 aromatic heterocycles. The molecule has 0 aromatic carbocycles. The Morgan fingerprint density at radius 1 is 1.19 bits per heavy atom. The normalized spacial score (nSPS) is 22.0. The number of carbonyl (C=O) groups is 1. The Morgan fingerprint density at radius 2 is 1.71 bits per heavy atom. The van der Waals surface area contributed by atoms with Gasteiger partial charge in [-0.3, -0.25) is 4.79 Å². The van der Waals surface area contributed by atoms with Gasteiger partial charge in [-0.25, -0.2) is 13.1 Å². The zero-order valence-corrected chi connectivity index (χ0v) is 14.7. The van der Waals surface area contributed by atoms with Crippen LogP contribution in [0.3, 0.4) is 0 Å². The summed E-state index contributed by atoms with van der Waals surface area (Å²) in [6.45, 7) is 8.75. The molecule has 0 bridgehead atoms. The summed E-state index contributed by atoms with van der Waals surface area (Å²) in [7, 11) is -2.04. The van der Waals surface area contributed by atoms with Crippen molar-refractivity contribution in [2.75, 3.05) is 12.9 Å². The van der Waals surface area contributed by atoms with Gasteiger partial charge >= 0.3 is 5.97 Å². The molecule has 0 radical (unpaired) electrons. The smallest absolute Gasteiger partial charge is 0.305 e. The lowest BCUT2D eigenvalue weighted by molar-refractivity contribution is -0.140. The molecule has 0 atom stereocenters. The molecule has 1 N–H and O–H groups in total. The van der Waals surface area contributed by atoms with E-state index < -0.39 is 10.0 Å². The lowest BCUT2D eigenvalue weighted by Crippen LogP contribution is -2.46. The first kappa shape index (κ1) is 18.4.